The summed E-state index contributed by atoms with van der Waals surface area (Å²) < 4.78 is 0. The summed E-state index contributed by atoms with van der Waals surface area (Å²) in [7, 11) is 0. The summed E-state index contributed by atoms with van der Waals surface area (Å²) >= 11 is 2.82. The second-order valence-electron chi connectivity index (χ2n) is 7.54. The van der Waals surface area contributed by atoms with Crippen LogP contribution in [0.4, 0.5) is 11.4 Å². The smallest absolute Gasteiger partial charge is 0.313 e. The number of benzene rings is 1. The van der Waals surface area contributed by atoms with Gasteiger partial charge in [0.05, 0.1) is 6.54 Å². The molecule has 1 aliphatic heterocycles. The average molecular weight is 470 g/mol. The lowest BCUT2D eigenvalue weighted by molar-refractivity contribution is -0.136. The zero-order valence-corrected chi connectivity index (χ0v) is 18.9. The highest BCUT2D eigenvalue weighted by molar-refractivity contribution is 7.10. The summed E-state index contributed by atoms with van der Waals surface area (Å²) in [6, 6.07) is 12.3. The molecule has 0 spiro atoms. The minimum atomic E-state index is -1.42. The number of carbonyl (C=O) groups excluding carboxylic acids is 3. The highest BCUT2D eigenvalue weighted by atomic mass is 32.1. The predicted octanol–water partition coefficient (Wildman–Crippen LogP) is 3.32. The number of piperidine rings is 1. The van der Waals surface area contributed by atoms with Crippen LogP contribution in [0.15, 0.2) is 58.6 Å². The molecule has 4 rings (SSSR count). The molecule has 1 fully saturated rings. The van der Waals surface area contributed by atoms with Gasteiger partial charge in [0.1, 0.15) is 5.60 Å². The molecule has 0 saturated carbocycles. The summed E-state index contributed by atoms with van der Waals surface area (Å²) in [6.45, 7) is 0.499. The Morgan fingerprint density at radius 3 is 2.69 bits per heavy atom. The maximum absolute atomic E-state index is 12.5. The fourth-order valence-electron chi connectivity index (χ4n) is 3.65. The quantitative estimate of drug-likeness (QED) is 0.483. The minimum Gasteiger partial charge on any atom is -0.378 e. The molecule has 1 unspecified atom stereocenters. The Balaban J connectivity index is 1.42. The molecule has 2 aromatic heterocycles. The van der Waals surface area contributed by atoms with Crippen LogP contribution in [0, 0.1) is 0 Å². The fourth-order valence-corrected chi connectivity index (χ4v) is 5.22. The monoisotopic (exact) mass is 469 g/mol. The van der Waals surface area contributed by atoms with Crippen molar-refractivity contribution in [2.24, 2.45) is 0 Å². The highest BCUT2D eigenvalue weighted by Crippen LogP contribution is 2.33. The van der Waals surface area contributed by atoms with Gasteiger partial charge < -0.3 is 20.6 Å². The van der Waals surface area contributed by atoms with Gasteiger partial charge >= 0.3 is 11.8 Å². The van der Waals surface area contributed by atoms with Crippen LogP contribution in [0.25, 0.3) is 0 Å². The Labute approximate surface area is 193 Å². The Hall–Kier alpha value is -3.01. The lowest BCUT2D eigenvalue weighted by Gasteiger charge is -2.27. The first-order chi connectivity index (χ1) is 15.5. The van der Waals surface area contributed by atoms with Crippen molar-refractivity contribution in [1.82, 2.24) is 5.32 Å². The van der Waals surface area contributed by atoms with Gasteiger partial charge in [-0.1, -0.05) is 12.1 Å². The SMILES string of the molecule is O=C(NCC(O)(c1ccsc1)c1cccs1)C(=O)Nc1cccc(N2CCCCC2=O)c1. The largest absolute Gasteiger partial charge is 0.378 e. The van der Waals surface area contributed by atoms with Gasteiger partial charge in [-0.05, 0) is 59.3 Å². The van der Waals surface area contributed by atoms with E-state index < -0.39 is 17.4 Å². The van der Waals surface area contributed by atoms with Crippen molar-refractivity contribution in [3.05, 3.63) is 69.0 Å². The van der Waals surface area contributed by atoms with Crippen LogP contribution >= 0.6 is 22.7 Å². The number of aliphatic hydroxyl groups is 1. The van der Waals surface area contributed by atoms with Crippen LogP contribution in [-0.4, -0.2) is 35.9 Å². The van der Waals surface area contributed by atoms with Crippen LogP contribution in [0.3, 0.4) is 0 Å². The summed E-state index contributed by atoms with van der Waals surface area (Å²) in [5.41, 5.74) is 0.355. The molecule has 3 aromatic rings. The molecule has 0 aliphatic carbocycles. The van der Waals surface area contributed by atoms with Crippen molar-refractivity contribution in [1.29, 1.82) is 0 Å². The van der Waals surface area contributed by atoms with Crippen LogP contribution in [0.2, 0.25) is 0 Å². The summed E-state index contributed by atoms with van der Waals surface area (Å²) in [5, 5.41) is 21.9. The molecule has 7 nitrogen and oxygen atoms in total. The summed E-state index contributed by atoms with van der Waals surface area (Å²) in [6.07, 6.45) is 2.33. The molecule has 3 heterocycles. The van der Waals surface area contributed by atoms with Crippen LogP contribution in [0.1, 0.15) is 29.7 Å². The number of rotatable bonds is 6. The Kier molecular flexibility index (Phi) is 6.69. The molecule has 3 N–H and O–H groups in total. The maximum Gasteiger partial charge on any atom is 0.313 e. The normalized spacial score (nSPS) is 15.8. The van der Waals surface area contributed by atoms with E-state index in [-0.39, 0.29) is 12.5 Å². The molecule has 1 aromatic carbocycles. The number of hydrogen-bond acceptors (Lipinski definition) is 6. The van der Waals surface area contributed by atoms with Crippen LogP contribution < -0.4 is 15.5 Å². The molecule has 0 bridgehead atoms. The number of nitrogens with one attached hydrogen (secondary N) is 2. The van der Waals surface area contributed by atoms with Crippen molar-refractivity contribution < 1.29 is 19.5 Å². The van der Waals surface area contributed by atoms with E-state index in [2.05, 4.69) is 10.6 Å². The van der Waals surface area contributed by atoms with Crippen LogP contribution in [0.5, 0.6) is 0 Å². The molecule has 1 saturated heterocycles. The van der Waals surface area contributed by atoms with E-state index in [0.717, 1.165) is 12.8 Å². The molecule has 3 amide bonds. The number of thiophene rings is 2. The number of carbonyl (C=O) groups is 3. The first kappa shape index (κ1) is 22.2. The van der Waals surface area contributed by atoms with E-state index in [1.54, 1.807) is 41.3 Å². The zero-order valence-electron chi connectivity index (χ0n) is 17.2. The van der Waals surface area contributed by atoms with Gasteiger partial charge in [-0.25, -0.2) is 0 Å². The van der Waals surface area contributed by atoms with Crippen molar-refractivity contribution in [3.63, 3.8) is 0 Å². The Morgan fingerprint density at radius 2 is 1.97 bits per heavy atom. The van der Waals surface area contributed by atoms with E-state index in [9.17, 15) is 19.5 Å². The minimum absolute atomic E-state index is 0.0544. The number of amides is 3. The van der Waals surface area contributed by atoms with E-state index >= 15 is 0 Å². The fraction of sp³-hybridized carbons (Fsp3) is 0.261. The van der Waals surface area contributed by atoms with E-state index in [0.29, 0.717) is 34.8 Å². The van der Waals surface area contributed by atoms with Gasteiger partial charge in [-0.15, -0.1) is 11.3 Å². The summed E-state index contributed by atoms with van der Waals surface area (Å²) in [5.74, 6) is -1.64. The van der Waals surface area contributed by atoms with Gasteiger partial charge in [-0.3, -0.25) is 14.4 Å². The number of nitrogens with zero attached hydrogens (tertiary/aromatic N) is 1. The van der Waals surface area contributed by atoms with Crippen molar-refractivity contribution in [2.75, 3.05) is 23.3 Å². The van der Waals surface area contributed by atoms with E-state index in [4.69, 9.17) is 0 Å². The molecule has 1 aliphatic rings. The third-order valence-corrected chi connectivity index (χ3v) is 7.08. The lowest BCUT2D eigenvalue weighted by atomic mass is 9.94. The van der Waals surface area contributed by atoms with E-state index in [1.165, 1.54) is 22.7 Å². The first-order valence-corrected chi connectivity index (χ1v) is 12.1. The number of hydrogen-bond donors (Lipinski definition) is 3. The number of anilines is 2. The maximum atomic E-state index is 12.5. The van der Waals surface area contributed by atoms with E-state index in [1.807, 2.05) is 22.2 Å². The van der Waals surface area contributed by atoms with Crippen molar-refractivity contribution >= 4 is 51.8 Å². The molecule has 32 heavy (non-hydrogen) atoms. The summed E-state index contributed by atoms with van der Waals surface area (Å²) in [4.78, 5) is 39.5. The third kappa shape index (κ3) is 4.74. The second-order valence-corrected chi connectivity index (χ2v) is 9.27. The second kappa shape index (κ2) is 9.64. The van der Waals surface area contributed by atoms with Gasteiger partial charge in [0.15, 0.2) is 0 Å². The average Bonchev–Trinajstić information content (AvgIpc) is 3.53. The molecular formula is C23H23N3O4S2. The highest BCUT2D eigenvalue weighted by Gasteiger charge is 2.34. The molecule has 1 atom stereocenters. The van der Waals surface area contributed by atoms with Gasteiger partial charge in [0.25, 0.3) is 0 Å². The predicted molar refractivity (Wildman–Crippen MR) is 126 cm³/mol. The van der Waals surface area contributed by atoms with Gasteiger partial charge in [0, 0.05) is 34.8 Å². The third-order valence-electron chi connectivity index (χ3n) is 5.38. The Morgan fingerprint density at radius 1 is 1.09 bits per heavy atom. The van der Waals surface area contributed by atoms with Gasteiger partial charge in [0.2, 0.25) is 5.91 Å². The topological polar surface area (TPSA) is 98.7 Å². The first-order valence-electron chi connectivity index (χ1n) is 10.3. The standard InChI is InChI=1S/C23H23N3O4S2/c27-20-8-1-2-10-26(20)18-6-3-5-17(13-18)25-22(29)21(28)24-15-23(30,16-9-12-31-14-16)19-7-4-11-32-19/h3-7,9,11-14,30H,1-2,8,10,15H2,(H,24,28)(H,25,29). The molecule has 166 valence electrons. The van der Waals surface area contributed by atoms with Gasteiger partial charge in [-0.2, -0.15) is 11.3 Å². The molecule has 0 radical (unpaired) electrons. The van der Waals surface area contributed by atoms with Crippen molar-refractivity contribution in [3.8, 4) is 0 Å². The van der Waals surface area contributed by atoms with Crippen LogP contribution in [-0.2, 0) is 20.0 Å². The molecular weight excluding hydrogens is 446 g/mol. The van der Waals surface area contributed by atoms with Crippen molar-refractivity contribution in [2.45, 2.75) is 24.9 Å². The zero-order chi connectivity index (χ0) is 22.6. The molecule has 9 heteroatoms. The Bertz CT molecular complexity index is 1060. The lowest BCUT2D eigenvalue weighted by Crippen LogP contribution is -2.44.